The van der Waals surface area contributed by atoms with E-state index < -0.39 is 18.0 Å². The maximum Gasteiger partial charge on any atom is 0.322 e. The van der Waals surface area contributed by atoms with Crippen molar-refractivity contribution in [3.8, 4) is 23.7 Å². The summed E-state index contributed by atoms with van der Waals surface area (Å²) in [6, 6.07) is 39.7. The summed E-state index contributed by atoms with van der Waals surface area (Å²) in [7, 11) is 0. The lowest BCUT2D eigenvalue weighted by Gasteiger charge is -2.35. The van der Waals surface area contributed by atoms with Crippen molar-refractivity contribution in [1.82, 2.24) is 19.8 Å². The fourth-order valence-electron chi connectivity index (χ4n) is 7.48. The predicted molar refractivity (Wildman–Crippen MR) is 208 cm³/mol. The van der Waals surface area contributed by atoms with Gasteiger partial charge in [0.1, 0.15) is 23.6 Å². The van der Waals surface area contributed by atoms with Crippen LogP contribution in [-0.2, 0) is 22.3 Å². The van der Waals surface area contributed by atoms with E-state index in [1.165, 1.54) is 0 Å². The van der Waals surface area contributed by atoms with Crippen LogP contribution in [0.15, 0.2) is 134 Å². The van der Waals surface area contributed by atoms with Gasteiger partial charge in [0.2, 0.25) is 0 Å². The molecule has 6 aromatic rings. The molecule has 262 valence electrons. The number of hydrogen-bond donors (Lipinski definition) is 0. The summed E-state index contributed by atoms with van der Waals surface area (Å²) in [5.74, 6) is 12.3. The average molecular weight is 697 g/mol. The second-order valence-corrected chi connectivity index (χ2v) is 14.1. The Morgan fingerprint density at radius 3 is 1.42 bits per heavy atom. The molecular weight excluding hydrogens is 657 g/mol. The monoisotopic (exact) mass is 696 g/mol. The number of carbonyl (C=O) groups is 1. The fourth-order valence-corrected chi connectivity index (χ4v) is 7.48. The molecule has 53 heavy (non-hydrogen) atoms. The number of ether oxygens (including phenoxy) is 2. The van der Waals surface area contributed by atoms with Crippen LogP contribution in [0.5, 0.6) is 0 Å². The lowest BCUT2D eigenvalue weighted by Crippen LogP contribution is -2.52. The van der Waals surface area contributed by atoms with E-state index in [1.54, 1.807) is 0 Å². The van der Waals surface area contributed by atoms with Gasteiger partial charge < -0.3 is 19.3 Å². The number of aromatic nitrogens is 2. The van der Waals surface area contributed by atoms with Crippen LogP contribution in [0, 0.1) is 23.7 Å². The highest BCUT2D eigenvalue weighted by molar-refractivity contribution is 5.83. The van der Waals surface area contributed by atoms with Crippen LogP contribution >= 0.6 is 0 Å². The number of hydrogen-bond acceptors (Lipinski definition) is 5. The minimum absolute atomic E-state index is 0.159. The van der Waals surface area contributed by atoms with Gasteiger partial charge in [-0.3, -0.25) is 0 Å². The Labute approximate surface area is 310 Å². The number of benzene rings is 4. The zero-order chi connectivity index (χ0) is 36.2. The predicted octanol–water partition coefficient (Wildman–Crippen LogP) is 7.67. The molecule has 0 radical (unpaired) electrons. The van der Waals surface area contributed by atoms with Crippen LogP contribution in [0.4, 0.5) is 4.79 Å². The third-order valence-corrected chi connectivity index (χ3v) is 9.98. The Morgan fingerprint density at radius 2 is 0.981 bits per heavy atom. The average Bonchev–Trinajstić information content (AvgIpc) is 3.48. The van der Waals surface area contributed by atoms with Crippen molar-refractivity contribution >= 4 is 27.6 Å². The van der Waals surface area contributed by atoms with E-state index in [9.17, 15) is 0 Å². The summed E-state index contributed by atoms with van der Waals surface area (Å²) in [4.78, 5) is 28.1. The minimum atomic E-state index is -0.863. The summed E-state index contributed by atoms with van der Waals surface area (Å²) in [5, 5.41) is 4.23. The molecule has 0 N–H and O–H groups in total. The lowest BCUT2D eigenvalue weighted by molar-refractivity contribution is -0.156. The molecule has 7 heteroatoms. The molecule has 2 fully saturated rings. The van der Waals surface area contributed by atoms with Gasteiger partial charge in [0.25, 0.3) is 0 Å². The molecule has 7 nitrogen and oxygen atoms in total. The van der Waals surface area contributed by atoms with Crippen molar-refractivity contribution in [2.45, 2.75) is 56.8 Å². The smallest absolute Gasteiger partial charge is 0.322 e. The molecule has 2 aromatic heterocycles. The Bertz CT molecular complexity index is 2210. The van der Waals surface area contributed by atoms with Gasteiger partial charge in [-0.2, -0.15) is 0 Å². The summed E-state index contributed by atoms with van der Waals surface area (Å²) < 4.78 is 13.6. The first-order valence-electron chi connectivity index (χ1n) is 18.1. The van der Waals surface area contributed by atoms with Crippen molar-refractivity contribution in [3.05, 3.63) is 156 Å². The SMILES string of the molecule is CC1(C)O[C@@H]2[C@@H](O1)[C@@H](Cc1ccccc1)N(CC#Cc1cc3ccccc3cn1)C(=O)N(CC#Cc1cc3ccccc3cn1)[C@@H]2Cc1ccccc1. The molecule has 0 unspecified atom stereocenters. The standard InChI is InChI=1S/C46H40N4O3/c1-46(2)52-43-41(27-33-15-5-3-6-16-33)49(25-13-23-39-29-35-19-9-11-21-37(35)31-47-39)45(51)50(42(44(43)53-46)28-34-17-7-4-8-18-34)26-14-24-40-30-36-20-10-12-22-38(36)32-48-40/h3-12,15-22,29-32,41-44H,25-28H2,1-2H3/t41-,42-,43+,44+/m1/s1. The van der Waals surface area contributed by atoms with Gasteiger partial charge in [-0.1, -0.05) is 121 Å². The van der Waals surface area contributed by atoms with Crippen LogP contribution < -0.4 is 0 Å². The van der Waals surface area contributed by atoms with Gasteiger partial charge in [0.05, 0.1) is 25.2 Å². The first-order chi connectivity index (χ1) is 25.9. The van der Waals surface area contributed by atoms with Crippen LogP contribution in [-0.4, -0.2) is 69.0 Å². The quantitative estimate of drug-likeness (QED) is 0.167. The van der Waals surface area contributed by atoms with Gasteiger partial charge in [0, 0.05) is 23.2 Å². The summed E-state index contributed by atoms with van der Waals surface area (Å²) >= 11 is 0. The summed E-state index contributed by atoms with van der Waals surface area (Å²) in [6.07, 6.45) is 3.96. The van der Waals surface area contributed by atoms with Crippen molar-refractivity contribution in [2.24, 2.45) is 0 Å². The highest BCUT2D eigenvalue weighted by Crippen LogP contribution is 2.39. The van der Waals surface area contributed by atoms with Crippen LogP contribution in [0.3, 0.4) is 0 Å². The number of pyridine rings is 2. The first kappa shape index (κ1) is 34.1. The molecule has 2 amide bonds. The molecule has 0 bridgehead atoms. The molecule has 2 saturated heterocycles. The number of amides is 2. The zero-order valence-corrected chi connectivity index (χ0v) is 29.9. The number of rotatable bonds is 6. The van der Waals surface area contributed by atoms with Gasteiger partial charge >= 0.3 is 6.03 Å². The van der Waals surface area contributed by atoms with E-state index >= 15 is 4.79 Å². The second kappa shape index (κ2) is 14.9. The van der Waals surface area contributed by atoms with Crippen molar-refractivity contribution in [1.29, 1.82) is 0 Å². The largest absolute Gasteiger partial charge is 0.342 e. The van der Waals surface area contributed by atoms with E-state index in [0.29, 0.717) is 24.2 Å². The Kier molecular flexibility index (Phi) is 9.61. The van der Waals surface area contributed by atoms with E-state index in [2.05, 4.69) is 70.0 Å². The molecule has 4 atom stereocenters. The third kappa shape index (κ3) is 7.64. The second-order valence-electron chi connectivity index (χ2n) is 14.1. The summed E-state index contributed by atoms with van der Waals surface area (Å²) in [5.41, 5.74) is 3.50. The van der Waals surface area contributed by atoms with Gasteiger partial charge in [-0.15, -0.1) is 0 Å². The molecule has 8 rings (SSSR count). The third-order valence-electron chi connectivity index (χ3n) is 9.98. The van der Waals surface area contributed by atoms with Crippen molar-refractivity contribution in [3.63, 3.8) is 0 Å². The molecule has 4 heterocycles. The summed E-state index contributed by atoms with van der Waals surface area (Å²) in [6.45, 7) is 4.25. The van der Waals surface area contributed by atoms with Gasteiger partial charge in [-0.25, -0.2) is 14.8 Å². The highest BCUT2D eigenvalue weighted by atomic mass is 16.8. The Morgan fingerprint density at radius 1 is 0.585 bits per heavy atom. The Hall–Kier alpha value is -5.99. The highest BCUT2D eigenvalue weighted by Gasteiger charge is 2.55. The molecule has 0 aliphatic carbocycles. The molecule has 2 aliphatic heterocycles. The van der Waals surface area contributed by atoms with E-state index in [1.807, 2.05) is 121 Å². The lowest BCUT2D eigenvalue weighted by atomic mass is 9.91. The molecule has 2 aliphatic rings. The molecule has 4 aromatic carbocycles. The van der Waals surface area contributed by atoms with Crippen LogP contribution in [0.2, 0.25) is 0 Å². The first-order valence-corrected chi connectivity index (χ1v) is 18.1. The van der Waals surface area contributed by atoms with Crippen molar-refractivity contribution < 1.29 is 14.3 Å². The molecular formula is C46H40N4O3. The minimum Gasteiger partial charge on any atom is -0.342 e. The topological polar surface area (TPSA) is 67.8 Å². The number of urea groups is 1. The maximum absolute atomic E-state index is 15.1. The van der Waals surface area contributed by atoms with Gasteiger partial charge in [-0.05, 0) is 72.6 Å². The maximum atomic E-state index is 15.1. The molecule has 0 saturated carbocycles. The molecule has 0 spiro atoms. The Balaban J connectivity index is 1.20. The van der Waals surface area contributed by atoms with E-state index in [0.717, 1.165) is 32.7 Å². The zero-order valence-electron chi connectivity index (χ0n) is 29.9. The normalized spacial score (nSPS) is 20.6. The number of nitrogens with zero attached hydrogens (tertiary/aromatic N) is 4. The van der Waals surface area contributed by atoms with E-state index in [-0.39, 0.29) is 31.2 Å². The van der Waals surface area contributed by atoms with Crippen LogP contribution in [0.1, 0.15) is 36.4 Å². The fraction of sp³-hybridized carbons (Fsp3) is 0.239. The number of carbonyl (C=O) groups excluding carboxylic acids is 1. The van der Waals surface area contributed by atoms with Crippen molar-refractivity contribution in [2.75, 3.05) is 13.1 Å². The van der Waals surface area contributed by atoms with Crippen LogP contribution in [0.25, 0.3) is 21.5 Å². The van der Waals surface area contributed by atoms with Gasteiger partial charge in [0.15, 0.2) is 5.79 Å². The number of fused-ring (bicyclic) bond motifs is 3. The van der Waals surface area contributed by atoms with E-state index in [4.69, 9.17) is 9.47 Å².